The summed E-state index contributed by atoms with van der Waals surface area (Å²) in [6.45, 7) is 4.60. The maximum atomic E-state index is 11.0. The van der Waals surface area contributed by atoms with Crippen LogP contribution in [-0.4, -0.2) is 18.0 Å². The Morgan fingerprint density at radius 3 is 2.80 bits per heavy atom. The Kier molecular flexibility index (Phi) is 5.08. The molecule has 0 saturated heterocycles. The molecular formula is C21H22O4. The van der Waals surface area contributed by atoms with E-state index in [1.54, 1.807) is 6.07 Å². The summed E-state index contributed by atoms with van der Waals surface area (Å²) in [5.41, 5.74) is 4.38. The van der Waals surface area contributed by atoms with Gasteiger partial charge in [-0.1, -0.05) is 25.5 Å². The fourth-order valence-corrected chi connectivity index (χ4v) is 2.92. The smallest absolute Gasteiger partial charge is 0.149 e. The number of fused-ring (bicyclic) bond motifs is 1. The van der Waals surface area contributed by atoms with Crippen LogP contribution in [0.15, 0.2) is 42.0 Å². The summed E-state index contributed by atoms with van der Waals surface area (Å²) in [4.78, 5) is 11.0. The highest BCUT2D eigenvalue weighted by Crippen LogP contribution is 2.35. The molecule has 4 heteroatoms. The predicted molar refractivity (Wildman–Crippen MR) is 97.0 cm³/mol. The molecule has 0 radical (unpaired) electrons. The van der Waals surface area contributed by atoms with Gasteiger partial charge >= 0.3 is 0 Å². The van der Waals surface area contributed by atoms with Gasteiger partial charge in [0.25, 0.3) is 0 Å². The van der Waals surface area contributed by atoms with E-state index in [4.69, 9.17) is 9.47 Å². The molecule has 25 heavy (non-hydrogen) atoms. The van der Waals surface area contributed by atoms with E-state index in [-0.39, 0.29) is 19.0 Å². The fraction of sp³-hybridized carbons (Fsp3) is 0.286. The van der Waals surface area contributed by atoms with Crippen LogP contribution in [0.1, 0.15) is 37.0 Å². The average Bonchev–Trinajstić information content (AvgIpc) is 2.61. The highest BCUT2D eigenvalue weighted by atomic mass is 16.5. The van der Waals surface area contributed by atoms with E-state index in [0.717, 1.165) is 41.4 Å². The average molecular weight is 338 g/mol. The lowest BCUT2D eigenvalue weighted by Gasteiger charge is -2.20. The molecule has 0 unspecified atom stereocenters. The molecule has 0 aromatic heterocycles. The standard InChI is InChI=1S/C21H22O4/c1-3-4-15-5-6-16(20(23)9-15)12-24-18-7-8-19-14(2)17(11-22)13-25-21(19)10-18/h5-11,23H,3-4,12-13H2,1-2H3. The third-order valence-corrected chi connectivity index (χ3v) is 4.45. The third-order valence-electron chi connectivity index (χ3n) is 4.45. The molecule has 0 bridgehead atoms. The van der Waals surface area contributed by atoms with Crippen LogP contribution in [0.2, 0.25) is 0 Å². The first-order valence-electron chi connectivity index (χ1n) is 8.48. The van der Waals surface area contributed by atoms with E-state index in [1.165, 1.54) is 0 Å². The van der Waals surface area contributed by atoms with E-state index in [9.17, 15) is 9.90 Å². The number of benzene rings is 2. The van der Waals surface area contributed by atoms with E-state index in [2.05, 4.69) is 6.92 Å². The van der Waals surface area contributed by atoms with Crippen molar-refractivity contribution in [3.05, 3.63) is 58.7 Å². The normalized spacial score (nSPS) is 13.2. The largest absolute Gasteiger partial charge is 0.508 e. The number of aryl methyl sites for hydroxylation is 1. The topological polar surface area (TPSA) is 55.8 Å². The molecule has 3 rings (SSSR count). The molecule has 2 aromatic rings. The number of allylic oxidation sites excluding steroid dienone is 1. The van der Waals surface area contributed by atoms with Gasteiger partial charge in [-0.05, 0) is 42.7 Å². The number of ether oxygens (including phenoxy) is 2. The van der Waals surface area contributed by atoms with Crippen LogP contribution < -0.4 is 9.47 Å². The highest BCUT2D eigenvalue weighted by Gasteiger charge is 2.17. The second kappa shape index (κ2) is 7.43. The number of carbonyl (C=O) groups excluding carboxylic acids is 1. The van der Waals surface area contributed by atoms with Crippen molar-refractivity contribution in [3.8, 4) is 17.2 Å². The van der Waals surface area contributed by atoms with Crippen molar-refractivity contribution < 1.29 is 19.4 Å². The van der Waals surface area contributed by atoms with Gasteiger partial charge in [-0.2, -0.15) is 0 Å². The Hall–Kier alpha value is -2.75. The second-order valence-electron chi connectivity index (χ2n) is 6.22. The molecule has 1 N–H and O–H groups in total. The maximum Gasteiger partial charge on any atom is 0.149 e. The molecule has 0 amide bonds. The van der Waals surface area contributed by atoms with Crippen LogP contribution in [0.25, 0.3) is 5.57 Å². The van der Waals surface area contributed by atoms with Gasteiger partial charge in [0.1, 0.15) is 36.7 Å². The number of rotatable bonds is 6. The minimum absolute atomic E-state index is 0.259. The number of carbonyl (C=O) groups is 1. The quantitative estimate of drug-likeness (QED) is 0.798. The number of aromatic hydroxyl groups is 1. The van der Waals surface area contributed by atoms with Gasteiger partial charge in [0.05, 0.1) is 0 Å². The Labute approximate surface area is 147 Å². The highest BCUT2D eigenvalue weighted by molar-refractivity contribution is 5.90. The number of phenolic OH excluding ortho intramolecular Hbond substituents is 1. The van der Waals surface area contributed by atoms with Gasteiger partial charge < -0.3 is 14.6 Å². The monoisotopic (exact) mass is 338 g/mol. The minimum atomic E-state index is 0.259. The molecule has 1 heterocycles. The lowest BCUT2D eigenvalue weighted by Crippen LogP contribution is -2.11. The molecule has 0 aliphatic carbocycles. The van der Waals surface area contributed by atoms with Crippen molar-refractivity contribution in [3.63, 3.8) is 0 Å². The Bertz CT molecular complexity index is 821. The van der Waals surface area contributed by atoms with Crippen molar-refractivity contribution in [2.24, 2.45) is 0 Å². The van der Waals surface area contributed by atoms with Crippen molar-refractivity contribution in [1.29, 1.82) is 0 Å². The van der Waals surface area contributed by atoms with E-state index < -0.39 is 0 Å². The van der Waals surface area contributed by atoms with Crippen LogP contribution in [0.3, 0.4) is 0 Å². The lowest BCUT2D eigenvalue weighted by atomic mass is 9.99. The van der Waals surface area contributed by atoms with Gasteiger partial charge in [0.15, 0.2) is 0 Å². The van der Waals surface area contributed by atoms with Gasteiger partial charge in [-0.25, -0.2) is 0 Å². The summed E-state index contributed by atoms with van der Waals surface area (Å²) in [7, 11) is 0. The molecule has 0 saturated carbocycles. The SMILES string of the molecule is CCCc1ccc(COc2ccc3c(c2)OCC(C=O)=C3C)c(O)c1. The third kappa shape index (κ3) is 3.68. The first kappa shape index (κ1) is 17.1. The Morgan fingerprint density at radius 2 is 2.08 bits per heavy atom. The molecule has 1 aliphatic rings. The van der Waals surface area contributed by atoms with Gasteiger partial charge in [0, 0.05) is 22.8 Å². The second-order valence-corrected chi connectivity index (χ2v) is 6.22. The summed E-state index contributed by atoms with van der Waals surface area (Å²) in [6, 6.07) is 11.3. The Morgan fingerprint density at radius 1 is 1.24 bits per heavy atom. The molecule has 130 valence electrons. The van der Waals surface area contributed by atoms with Crippen LogP contribution in [-0.2, 0) is 17.8 Å². The minimum Gasteiger partial charge on any atom is -0.508 e. The molecule has 4 nitrogen and oxygen atoms in total. The summed E-state index contributed by atoms with van der Waals surface area (Å²) >= 11 is 0. The van der Waals surface area contributed by atoms with E-state index >= 15 is 0 Å². The number of phenols is 1. The number of hydrogen-bond acceptors (Lipinski definition) is 4. The first-order chi connectivity index (χ1) is 12.1. The summed E-state index contributed by atoms with van der Waals surface area (Å²) < 4.78 is 11.4. The zero-order valence-corrected chi connectivity index (χ0v) is 14.5. The first-order valence-corrected chi connectivity index (χ1v) is 8.48. The molecule has 0 atom stereocenters. The van der Waals surface area contributed by atoms with E-state index in [1.807, 2.05) is 37.3 Å². The van der Waals surface area contributed by atoms with Crippen molar-refractivity contribution in [2.75, 3.05) is 6.61 Å². The van der Waals surface area contributed by atoms with Crippen molar-refractivity contribution in [1.82, 2.24) is 0 Å². The number of aldehydes is 1. The van der Waals surface area contributed by atoms with Gasteiger partial charge in [-0.15, -0.1) is 0 Å². The van der Waals surface area contributed by atoms with Gasteiger partial charge in [0.2, 0.25) is 0 Å². The Balaban J connectivity index is 1.73. The van der Waals surface area contributed by atoms with E-state index in [0.29, 0.717) is 17.1 Å². The molecule has 0 spiro atoms. The van der Waals surface area contributed by atoms with Crippen LogP contribution in [0, 0.1) is 0 Å². The molecule has 0 fully saturated rings. The molecular weight excluding hydrogens is 316 g/mol. The fourth-order valence-electron chi connectivity index (χ4n) is 2.92. The predicted octanol–water partition coefficient (Wildman–Crippen LogP) is 4.29. The van der Waals surface area contributed by atoms with Gasteiger partial charge in [-0.3, -0.25) is 4.79 Å². The zero-order valence-electron chi connectivity index (χ0n) is 14.5. The van der Waals surface area contributed by atoms with Crippen LogP contribution >= 0.6 is 0 Å². The molecule has 1 aliphatic heterocycles. The summed E-state index contributed by atoms with van der Waals surface area (Å²) in [5.74, 6) is 1.64. The van der Waals surface area contributed by atoms with Crippen LogP contribution in [0.5, 0.6) is 17.2 Å². The summed E-state index contributed by atoms with van der Waals surface area (Å²) in [6.07, 6.45) is 2.84. The number of hydrogen-bond donors (Lipinski definition) is 1. The van der Waals surface area contributed by atoms with Crippen molar-refractivity contribution >= 4 is 11.9 Å². The lowest BCUT2D eigenvalue weighted by molar-refractivity contribution is -0.105. The summed E-state index contributed by atoms with van der Waals surface area (Å²) in [5, 5.41) is 10.1. The zero-order chi connectivity index (χ0) is 17.8. The van der Waals surface area contributed by atoms with Crippen molar-refractivity contribution in [2.45, 2.75) is 33.3 Å². The van der Waals surface area contributed by atoms with Crippen LogP contribution in [0.4, 0.5) is 0 Å². The maximum absolute atomic E-state index is 11.0. The molecule has 2 aromatic carbocycles.